The van der Waals surface area contributed by atoms with Crippen LogP contribution in [0.5, 0.6) is 0 Å². The second-order valence-corrected chi connectivity index (χ2v) is 6.38. The minimum Gasteiger partial charge on any atom is -0.399 e. The van der Waals surface area contributed by atoms with Gasteiger partial charge in [-0.2, -0.15) is 0 Å². The van der Waals surface area contributed by atoms with Gasteiger partial charge in [0.2, 0.25) is 0 Å². The summed E-state index contributed by atoms with van der Waals surface area (Å²) in [6, 6.07) is 6.63. The van der Waals surface area contributed by atoms with Gasteiger partial charge in [-0.15, -0.1) is 0 Å². The minimum absolute atomic E-state index is 0.757. The number of aromatic amines is 1. The molecule has 21 heavy (non-hydrogen) atoms. The molecule has 0 radical (unpaired) electrons. The van der Waals surface area contributed by atoms with Gasteiger partial charge in [0.25, 0.3) is 0 Å². The van der Waals surface area contributed by atoms with E-state index in [-0.39, 0.29) is 0 Å². The lowest BCUT2D eigenvalue weighted by Crippen LogP contribution is -2.36. The first-order valence-electron chi connectivity index (χ1n) is 7.98. The standard InChI is InChI=1S/C16H23N5/c17-12-4-5-14-15(9-12)19-16(18-14)11-20-6-2-8-21-7-1-3-13(21)10-20/h4-5,9,13H,1-3,6-8,10-11,17H2,(H,18,19). The molecule has 2 aromatic rings. The van der Waals surface area contributed by atoms with Crippen molar-refractivity contribution >= 4 is 16.7 Å². The van der Waals surface area contributed by atoms with E-state index in [0.29, 0.717) is 0 Å². The Morgan fingerprint density at radius 3 is 3.10 bits per heavy atom. The Kier molecular flexibility index (Phi) is 3.31. The number of hydrogen-bond donors (Lipinski definition) is 2. The van der Waals surface area contributed by atoms with Crippen molar-refractivity contribution in [3.63, 3.8) is 0 Å². The molecule has 2 saturated heterocycles. The average Bonchev–Trinajstić information content (AvgIpc) is 3.00. The van der Waals surface area contributed by atoms with Crippen LogP contribution in [0.3, 0.4) is 0 Å². The van der Waals surface area contributed by atoms with Crippen molar-refractivity contribution in [2.24, 2.45) is 0 Å². The monoisotopic (exact) mass is 285 g/mol. The maximum Gasteiger partial charge on any atom is 0.121 e. The van der Waals surface area contributed by atoms with E-state index in [4.69, 9.17) is 10.7 Å². The topological polar surface area (TPSA) is 61.2 Å². The molecule has 1 unspecified atom stereocenters. The molecule has 0 spiro atoms. The first kappa shape index (κ1) is 13.1. The van der Waals surface area contributed by atoms with E-state index in [1.165, 1.54) is 45.4 Å². The van der Waals surface area contributed by atoms with Crippen LogP contribution in [0.4, 0.5) is 5.69 Å². The van der Waals surface area contributed by atoms with Gasteiger partial charge in [-0.25, -0.2) is 4.98 Å². The smallest absolute Gasteiger partial charge is 0.121 e. The van der Waals surface area contributed by atoms with Crippen LogP contribution < -0.4 is 5.73 Å². The fourth-order valence-electron chi connectivity index (χ4n) is 3.79. The highest BCUT2D eigenvalue weighted by Crippen LogP contribution is 2.22. The number of anilines is 1. The second kappa shape index (κ2) is 5.31. The van der Waals surface area contributed by atoms with E-state index >= 15 is 0 Å². The third-order valence-electron chi connectivity index (χ3n) is 4.82. The minimum atomic E-state index is 0.757. The molecular weight excluding hydrogens is 262 g/mol. The Morgan fingerprint density at radius 2 is 2.14 bits per heavy atom. The number of aromatic nitrogens is 2. The highest BCUT2D eigenvalue weighted by Gasteiger charge is 2.28. The summed E-state index contributed by atoms with van der Waals surface area (Å²) in [5.41, 5.74) is 8.67. The van der Waals surface area contributed by atoms with Crippen LogP contribution in [0.15, 0.2) is 18.2 Å². The molecule has 1 aromatic carbocycles. The van der Waals surface area contributed by atoms with Crippen molar-refractivity contribution in [2.75, 3.05) is 31.9 Å². The highest BCUT2D eigenvalue weighted by molar-refractivity contribution is 5.78. The molecule has 1 aromatic heterocycles. The summed E-state index contributed by atoms with van der Waals surface area (Å²) in [7, 11) is 0. The Morgan fingerprint density at radius 1 is 1.24 bits per heavy atom. The van der Waals surface area contributed by atoms with Crippen molar-refractivity contribution in [1.82, 2.24) is 19.8 Å². The first-order valence-corrected chi connectivity index (χ1v) is 7.98. The molecule has 4 rings (SSSR count). The van der Waals surface area contributed by atoms with Crippen LogP contribution in [0.1, 0.15) is 25.1 Å². The molecule has 5 nitrogen and oxygen atoms in total. The number of benzene rings is 1. The van der Waals surface area contributed by atoms with Gasteiger partial charge in [0.1, 0.15) is 5.82 Å². The summed E-state index contributed by atoms with van der Waals surface area (Å²) in [6.45, 7) is 5.82. The molecule has 2 aliphatic heterocycles. The molecule has 0 amide bonds. The third-order valence-corrected chi connectivity index (χ3v) is 4.82. The molecule has 3 N–H and O–H groups in total. The van der Waals surface area contributed by atoms with Gasteiger partial charge in [-0.05, 0) is 57.1 Å². The van der Waals surface area contributed by atoms with Crippen LogP contribution >= 0.6 is 0 Å². The zero-order chi connectivity index (χ0) is 14.2. The fourth-order valence-corrected chi connectivity index (χ4v) is 3.79. The second-order valence-electron chi connectivity index (χ2n) is 6.38. The zero-order valence-electron chi connectivity index (χ0n) is 12.4. The third kappa shape index (κ3) is 2.63. The molecule has 0 bridgehead atoms. The highest BCUT2D eigenvalue weighted by atomic mass is 15.3. The number of nitrogens with two attached hydrogens (primary N) is 1. The Labute approximate surface area is 125 Å². The predicted octanol–water partition coefficient (Wildman–Crippen LogP) is 1.82. The molecule has 2 aliphatic rings. The van der Waals surface area contributed by atoms with Gasteiger partial charge in [0.15, 0.2) is 0 Å². The van der Waals surface area contributed by atoms with E-state index in [1.54, 1.807) is 0 Å². The molecule has 0 saturated carbocycles. The normalized spacial score (nSPS) is 24.3. The number of nitrogens with zero attached hydrogens (tertiary/aromatic N) is 3. The molecule has 3 heterocycles. The summed E-state index contributed by atoms with van der Waals surface area (Å²) >= 11 is 0. The lowest BCUT2D eigenvalue weighted by Gasteiger charge is -2.24. The van der Waals surface area contributed by atoms with Gasteiger partial charge in [0, 0.05) is 18.3 Å². The van der Waals surface area contributed by atoms with Gasteiger partial charge in [0.05, 0.1) is 17.6 Å². The van der Waals surface area contributed by atoms with Gasteiger partial charge in [-0.1, -0.05) is 0 Å². The first-order chi connectivity index (χ1) is 10.3. The molecule has 112 valence electrons. The predicted molar refractivity (Wildman–Crippen MR) is 85.0 cm³/mol. The summed E-state index contributed by atoms with van der Waals surface area (Å²) < 4.78 is 0. The van der Waals surface area contributed by atoms with E-state index < -0.39 is 0 Å². The SMILES string of the molecule is Nc1ccc2nc(CN3CCCN4CCCC4C3)[nH]c2c1. The van der Waals surface area contributed by atoms with Crippen molar-refractivity contribution < 1.29 is 0 Å². The van der Waals surface area contributed by atoms with E-state index in [9.17, 15) is 0 Å². The number of nitrogen functional groups attached to an aromatic ring is 1. The van der Waals surface area contributed by atoms with Gasteiger partial charge in [-0.3, -0.25) is 9.80 Å². The number of fused-ring (bicyclic) bond motifs is 2. The van der Waals surface area contributed by atoms with Crippen LogP contribution in [0.2, 0.25) is 0 Å². The van der Waals surface area contributed by atoms with E-state index in [2.05, 4.69) is 14.8 Å². The zero-order valence-corrected chi connectivity index (χ0v) is 12.4. The van der Waals surface area contributed by atoms with E-state index in [0.717, 1.165) is 35.1 Å². The van der Waals surface area contributed by atoms with Gasteiger partial charge >= 0.3 is 0 Å². The van der Waals surface area contributed by atoms with Crippen molar-refractivity contribution in [3.05, 3.63) is 24.0 Å². The lowest BCUT2D eigenvalue weighted by molar-refractivity contribution is 0.213. The number of rotatable bonds is 2. The lowest BCUT2D eigenvalue weighted by atomic mass is 10.2. The molecule has 1 atom stereocenters. The summed E-state index contributed by atoms with van der Waals surface area (Å²) in [5, 5.41) is 0. The fraction of sp³-hybridized carbons (Fsp3) is 0.562. The Bertz CT molecular complexity index is 635. The largest absolute Gasteiger partial charge is 0.399 e. The Balaban J connectivity index is 1.50. The molecule has 0 aliphatic carbocycles. The molecule has 5 heteroatoms. The number of imidazole rings is 1. The van der Waals surface area contributed by atoms with Crippen LogP contribution in [-0.4, -0.2) is 52.0 Å². The number of nitrogens with one attached hydrogen (secondary N) is 1. The van der Waals surface area contributed by atoms with Crippen LogP contribution in [0.25, 0.3) is 11.0 Å². The van der Waals surface area contributed by atoms with Crippen LogP contribution in [-0.2, 0) is 6.54 Å². The van der Waals surface area contributed by atoms with Gasteiger partial charge < -0.3 is 10.7 Å². The number of H-pyrrole nitrogens is 1. The quantitative estimate of drug-likeness (QED) is 0.826. The summed E-state index contributed by atoms with van der Waals surface area (Å²) in [4.78, 5) is 13.3. The number of hydrogen-bond acceptors (Lipinski definition) is 4. The maximum atomic E-state index is 5.83. The maximum absolute atomic E-state index is 5.83. The van der Waals surface area contributed by atoms with Crippen molar-refractivity contribution in [3.8, 4) is 0 Å². The average molecular weight is 285 g/mol. The molecule has 2 fully saturated rings. The summed E-state index contributed by atoms with van der Waals surface area (Å²) in [5.74, 6) is 1.06. The van der Waals surface area contributed by atoms with Crippen molar-refractivity contribution in [2.45, 2.75) is 31.8 Å². The summed E-state index contributed by atoms with van der Waals surface area (Å²) in [6.07, 6.45) is 3.99. The molecular formula is C16H23N5. The van der Waals surface area contributed by atoms with Crippen molar-refractivity contribution in [1.29, 1.82) is 0 Å². The van der Waals surface area contributed by atoms with Crippen LogP contribution in [0, 0.1) is 0 Å². The Hall–Kier alpha value is -1.59. The van der Waals surface area contributed by atoms with E-state index in [1.807, 2.05) is 18.2 Å².